The molecule has 1 atom stereocenters. The fraction of sp³-hybridized carbons (Fsp3) is 0.241. The second-order valence-electron chi connectivity index (χ2n) is 8.79. The van der Waals surface area contributed by atoms with Crippen molar-refractivity contribution in [1.29, 1.82) is 0 Å². The number of esters is 1. The van der Waals surface area contributed by atoms with Crippen LogP contribution in [0, 0.1) is 0 Å². The third-order valence-electron chi connectivity index (χ3n) is 5.81. The molecule has 3 aromatic rings. The summed E-state index contributed by atoms with van der Waals surface area (Å²) in [6.07, 6.45) is 3.14. The van der Waals surface area contributed by atoms with E-state index in [1.54, 1.807) is 80.0 Å². The van der Waals surface area contributed by atoms with Crippen molar-refractivity contribution in [3.8, 4) is 5.75 Å². The second kappa shape index (κ2) is 11.1. The van der Waals surface area contributed by atoms with E-state index in [4.69, 9.17) is 9.47 Å². The summed E-state index contributed by atoms with van der Waals surface area (Å²) in [5.41, 5.74) is 2.10. The first-order valence-electron chi connectivity index (χ1n) is 12.0. The third-order valence-corrected chi connectivity index (χ3v) is 5.81. The van der Waals surface area contributed by atoms with Gasteiger partial charge in [0.1, 0.15) is 11.5 Å². The molecule has 1 fully saturated rings. The summed E-state index contributed by atoms with van der Waals surface area (Å²) in [5, 5.41) is 11.3. The molecule has 0 bridgehead atoms. The van der Waals surface area contributed by atoms with Crippen LogP contribution in [0.3, 0.4) is 0 Å². The molecule has 37 heavy (non-hydrogen) atoms. The van der Waals surface area contributed by atoms with Crippen molar-refractivity contribution < 1.29 is 29.0 Å². The molecule has 190 valence electrons. The Hall–Kier alpha value is -4.46. The summed E-state index contributed by atoms with van der Waals surface area (Å²) in [4.78, 5) is 43.9. The van der Waals surface area contributed by atoms with E-state index < -0.39 is 17.7 Å². The number of carbonyl (C=O) groups excluding carboxylic acids is 3. The monoisotopic (exact) mass is 500 g/mol. The highest BCUT2D eigenvalue weighted by atomic mass is 16.5. The lowest BCUT2D eigenvalue weighted by atomic mass is 9.95. The van der Waals surface area contributed by atoms with Gasteiger partial charge in [-0.25, -0.2) is 0 Å². The highest BCUT2D eigenvalue weighted by molar-refractivity contribution is 6.51. The molecule has 0 saturated carbocycles. The van der Waals surface area contributed by atoms with Gasteiger partial charge in [0.2, 0.25) is 0 Å². The SMILES string of the molecule is CCOC(=O)Cc1ccc(N2C(=O)C(=O)/C(=C(\O)c3cccc(OC(C)C)c3)C2c2ccncc2)cc1. The van der Waals surface area contributed by atoms with Gasteiger partial charge in [-0.15, -0.1) is 0 Å². The molecule has 0 spiro atoms. The number of benzene rings is 2. The summed E-state index contributed by atoms with van der Waals surface area (Å²) in [6.45, 7) is 5.81. The summed E-state index contributed by atoms with van der Waals surface area (Å²) < 4.78 is 10.7. The van der Waals surface area contributed by atoms with E-state index >= 15 is 0 Å². The number of anilines is 1. The predicted octanol–water partition coefficient (Wildman–Crippen LogP) is 4.60. The number of aliphatic hydroxyl groups excluding tert-OH is 1. The number of rotatable bonds is 8. The first-order valence-corrected chi connectivity index (χ1v) is 12.0. The van der Waals surface area contributed by atoms with Gasteiger partial charge in [0.25, 0.3) is 11.7 Å². The highest BCUT2D eigenvalue weighted by Crippen LogP contribution is 2.42. The lowest BCUT2D eigenvalue weighted by Crippen LogP contribution is -2.29. The Kier molecular flexibility index (Phi) is 7.67. The lowest BCUT2D eigenvalue weighted by molar-refractivity contribution is -0.142. The summed E-state index contributed by atoms with van der Waals surface area (Å²) >= 11 is 0. The van der Waals surface area contributed by atoms with Crippen LogP contribution in [0.4, 0.5) is 5.69 Å². The van der Waals surface area contributed by atoms with Gasteiger partial charge in [-0.05, 0) is 68.3 Å². The number of ether oxygens (including phenoxy) is 2. The maximum Gasteiger partial charge on any atom is 0.310 e. The number of pyridine rings is 1. The maximum absolute atomic E-state index is 13.3. The first-order chi connectivity index (χ1) is 17.8. The van der Waals surface area contributed by atoms with E-state index in [1.165, 1.54) is 4.90 Å². The minimum atomic E-state index is -0.881. The summed E-state index contributed by atoms with van der Waals surface area (Å²) in [5.74, 6) is -1.68. The van der Waals surface area contributed by atoms with Gasteiger partial charge in [-0.3, -0.25) is 24.3 Å². The van der Waals surface area contributed by atoms with Gasteiger partial charge >= 0.3 is 5.97 Å². The molecule has 1 unspecified atom stereocenters. The van der Waals surface area contributed by atoms with Crippen LogP contribution in [0.5, 0.6) is 5.75 Å². The summed E-state index contributed by atoms with van der Waals surface area (Å²) in [7, 11) is 0. The van der Waals surface area contributed by atoms with Crippen LogP contribution in [0.15, 0.2) is 78.6 Å². The Morgan fingerprint density at radius 1 is 1.05 bits per heavy atom. The molecule has 1 aliphatic rings. The molecule has 0 radical (unpaired) electrons. The zero-order chi connectivity index (χ0) is 26.5. The first kappa shape index (κ1) is 25.6. The maximum atomic E-state index is 13.3. The van der Waals surface area contributed by atoms with Crippen molar-refractivity contribution in [1.82, 2.24) is 4.98 Å². The molecule has 1 aromatic heterocycles. The van der Waals surface area contributed by atoms with Crippen molar-refractivity contribution in [2.24, 2.45) is 0 Å². The number of ketones is 1. The van der Waals surface area contributed by atoms with E-state index in [0.29, 0.717) is 34.7 Å². The van der Waals surface area contributed by atoms with Crippen LogP contribution in [-0.4, -0.2) is 40.5 Å². The van der Waals surface area contributed by atoms with Gasteiger partial charge in [0.15, 0.2) is 0 Å². The molecule has 8 nitrogen and oxygen atoms in total. The normalized spacial score (nSPS) is 16.8. The quantitative estimate of drug-likeness (QED) is 0.209. The van der Waals surface area contributed by atoms with Crippen molar-refractivity contribution in [3.05, 3.63) is 95.3 Å². The fourth-order valence-electron chi connectivity index (χ4n) is 4.26. The lowest BCUT2D eigenvalue weighted by Gasteiger charge is -2.25. The second-order valence-corrected chi connectivity index (χ2v) is 8.79. The van der Waals surface area contributed by atoms with Crippen LogP contribution in [0.2, 0.25) is 0 Å². The van der Waals surface area contributed by atoms with Gasteiger partial charge in [0.05, 0.1) is 30.7 Å². The standard InChI is InChI=1S/C29H28N2O6/c1-4-36-24(32)16-19-8-10-22(11-9-19)31-26(20-12-14-30-15-13-20)25(28(34)29(31)35)27(33)21-6-5-7-23(17-21)37-18(2)3/h5-15,17-18,26,33H,4,16H2,1-3H3/b27-25-. The van der Waals surface area contributed by atoms with Crippen molar-refractivity contribution in [2.45, 2.75) is 39.3 Å². The average Bonchev–Trinajstić information content (AvgIpc) is 3.15. The van der Waals surface area contributed by atoms with E-state index in [0.717, 1.165) is 0 Å². The Morgan fingerprint density at radius 3 is 2.41 bits per heavy atom. The fourth-order valence-corrected chi connectivity index (χ4v) is 4.26. The number of nitrogens with zero attached hydrogens (tertiary/aromatic N) is 2. The van der Waals surface area contributed by atoms with Gasteiger partial charge in [0, 0.05) is 23.6 Å². The number of aliphatic hydroxyl groups is 1. The van der Waals surface area contributed by atoms with E-state index in [9.17, 15) is 19.5 Å². The van der Waals surface area contributed by atoms with Crippen LogP contribution >= 0.6 is 0 Å². The van der Waals surface area contributed by atoms with E-state index in [1.807, 2.05) is 13.8 Å². The van der Waals surface area contributed by atoms with Crippen LogP contribution < -0.4 is 9.64 Å². The number of amides is 1. The molecule has 2 aromatic carbocycles. The van der Waals surface area contributed by atoms with Crippen molar-refractivity contribution in [2.75, 3.05) is 11.5 Å². The number of carbonyl (C=O) groups is 3. The van der Waals surface area contributed by atoms with Crippen LogP contribution in [-0.2, 0) is 25.5 Å². The largest absolute Gasteiger partial charge is 0.507 e. The third kappa shape index (κ3) is 5.53. The smallest absolute Gasteiger partial charge is 0.310 e. The van der Waals surface area contributed by atoms with E-state index in [2.05, 4.69) is 4.98 Å². The van der Waals surface area contributed by atoms with Gasteiger partial charge in [-0.1, -0.05) is 24.3 Å². The van der Waals surface area contributed by atoms with Crippen LogP contribution in [0.25, 0.3) is 5.76 Å². The molecule has 1 N–H and O–H groups in total. The Bertz CT molecular complexity index is 1330. The molecule has 2 heterocycles. The Morgan fingerprint density at radius 2 is 1.76 bits per heavy atom. The molecule has 4 rings (SSSR count). The Labute approximate surface area is 215 Å². The van der Waals surface area contributed by atoms with Crippen molar-refractivity contribution in [3.63, 3.8) is 0 Å². The minimum Gasteiger partial charge on any atom is -0.507 e. The van der Waals surface area contributed by atoms with E-state index in [-0.39, 0.29) is 29.8 Å². The number of hydrogen-bond acceptors (Lipinski definition) is 7. The predicted molar refractivity (Wildman–Crippen MR) is 138 cm³/mol. The number of aromatic nitrogens is 1. The molecule has 0 aliphatic carbocycles. The minimum absolute atomic E-state index is 0.0338. The topological polar surface area (TPSA) is 106 Å². The van der Waals surface area contributed by atoms with Crippen LogP contribution in [0.1, 0.15) is 43.5 Å². The average molecular weight is 501 g/mol. The number of hydrogen-bond donors (Lipinski definition) is 1. The van der Waals surface area contributed by atoms with Gasteiger partial charge in [-0.2, -0.15) is 0 Å². The van der Waals surface area contributed by atoms with Gasteiger partial charge < -0.3 is 14.6 Å². The molecule has 1 aliphatic heterocycles. The molecule has 8 heteroatoms. The van der Waals surface area contributed by atoms with Crippen molar-refractivity contribution >= 4 is 29.1 Å². The molecular formula is C29H28N2O6. The molecular weight excluding hydrogens is 472 g/mol. The molecule has 1 saturated heterocycles. The summed E-state index contributed by atoms with van der Waals surface area (Å²) in [6, 6.07) is 16.0. The highest BCUT2D eigenvalue weighted by Gasteiger charge is 2.47. The zero-order valence-electron chi connectivity index (χ0n) is 20.9. The Balaban J connectivity index is 1.78. The zero-order valence-corrected chi connectivity index (χ0v) is 20.9. The number of Topliss-reactive ketones (excluding diaryl/α,β-unsaturated/α-hetero) is 1. The molecule has 1 amide bonds.